The SMILES string of the molecule is Cc1ccc(OCC(=O)Nc2cccc(-c3nn4cnnc4s3)c2)cc1. The average molecular weight is 365 g/mol. The summed E-state index contributed by atoms with van der Waals surface area (Å²) < 4.78 is 7.12. The standard InChI is InChI=1S/C18H15N5O2S/c1-12-5-7-15(8-6-12)25-10-16(24)20-14-4-2-3-13(9-14)17-22-23-11-19-21-18(23)26-17/h2-9,11H,10H2,1H3,(H,20,24). The fraction of sp³-hybridized carbons (Fsp3) is 0.111. The lowest BCUT2D eigenvalue weighted by Gasteiger charge is -2.08. The molecule has 0 radical (unpaired) electrons. The highest BCUT2D eigenvalue weighted by atomic mass is 32.1. The Kier molecular flexibility index (Phi) is 4.32. The maximum Gasteiger partial charge on any atom is 0.262 e. The number of ether oxygens (including phenoxy) is 1. The second kappa shape index (κ2) is 6.93. The summed E-state index contributed by atoms with van der Waals surface area (Å²) in [6, 6.07) is 15.1. The van der Waals surface area contributed by atoms with Crippen molar-refractivity contribution in [2.75, 3.05) is 11.9 Å². The highest BCUT2D eigenvalue weighted by Gasteiger charge is 2.09. The fourth-order valence-corrected chi connectivity index (χ4v) is 3.20. The van der Waals surface area contributed by atoms with Gasteiger partial charge >= 0.3 is 0 Å². The number of nitrogens with one attached hydrogen (secondary N) is 1. The number of anilines is 1. The predicted octanol–water partition coefficient (Wildman–Crippen LogP) is 3.18. The Hall–Kier alpha value is -3.26. The zero-order chi connectivity index (χ0) is 17.9. The molecular formula is C18H15N5O2S. The molecule has 0 aliphatic heterocycles. The Morgan fingerprint density at radius 1 is 1.23 bits per heavy atom. The summed E-state index contributed by atoms with van der Waals surface area (Å²) >= 11 is 1.43. The number of nitrogens with zero attached hydrogens (tertiary/aromatic N) is 4. The summed E-state index contributed by atoms with van der Waals surface area (Å²) in [5.41, 5.74) is 2.73. The van der Waals surface area contributed by atoms with Crippen molar-refractivity contribution in [3.05, 3.63) is 60.4 Å². The molecule has 2 heterocycles. The third-order valence-electron chi connectivity index (χ3n) is 3.67. The molecule has 130 valence electrons. The van der Waals surface area contributed by atoms with E-state index in [2.05, 4.69) is 20.6 Å². The third-order valence-corrected chi connectivity index (χ3v) is 4.63. The number of amides is 1. The van der Waals surface area contributed by atoms with Gasteiger partial charge in [-0.25, -0.2) is 0 Å². The molecule has 4 rings (SSSR count). The summed E-state index contributed by atoms with van der Waals surface area (Å²) in [5, 5.41) is 15.8. The summed E-state index contributed by atoms with van der Waals surface area (Å²) in [6.07, 6.45) is 1.56. The molecule has 0 saturated heterocycles. The van der Waals surface area contributed by atoms with E-state index in [-0.39, 0.29) is 12.5 Å². The smallest absolute Gasteiger partial charge is 0.262 e. The van der Waals surface area contributed by atoms with Gasteiger partial charge in [-0.2, -0.15) is 9.61 Å². The largest absolute Gasteiger partial charge is 0.484 e. The van der Waals surface area contributed by atoms with Gasteiger partial charge in [-0.3, -0.25) is 4.79 Å². The third kappa shape index (κ3) is 3.55. The minimum Gasteiger partial charge on any atom is -0.484 e. The molecule has 2 aromatic carbocycles. The van der Waals surface area contributed by atoms with E-state index >= 15 is 0 Å². The summed E-state index contributed by atoms with van der Waals surface area (Å²) in [7, 11) is 0. The van der Waals surface area contributed by atoms with Crippen LogP contribution in [0, 0.1) is 6.92 Å². The normalized spacial score (nSPS) is 10.8. The molecule has 1 amide bonds. The average Bonchev–Trinajstić information content (AvgIpc) is 3.23. The van der Waals surface area contributed by atoms with Crippen LogP contribution in [-0.2, 0) is 4.79 Å². The maximum atomic E-state index is 12.1. The van der Waals surface area contributed by atoms with Gasteiger partial charge in [-0.05, 0) is 31.2 Å². The molecule has 7 nitrogen and oxygen atoms in total. The second-order valence-electron chi connectivity index (χ2n) is 5.70. The lowest BCUT2D eigenvalue weighted by Crippen LogP contribution is -2.20. The number of carbonyl (C=O) groups excluding carboxylic acids is 1. The Morgan fingerprint density at radius 2 is 2.08 bits per heavy atom. The first-order chi connectivity index (χ1) is 12.7. The van der Waals surface area contributed by atoms with Gasteiger partial charge in [-0.15, -0.1) is 10.2 Å². The van der Waals surface area contributed by atoms with Crippen molar-refractivity contribution in [2.45, 2.75) is 6.92 Å². The van der Waals surface area contributed by atoms with Crippen molar-refractivity contribution in [3.8, 4) is 16.3 Å². The number of aryl methyl sites for hydroxylation is 1. The van der Waals surface area contributed by atoms with Gasteiger partial charge in [-0.1, -0.05) is 41.2 Å². The van der Waals surface area contributed by atoms with Gasteiger partial charge in [0.05, 0.1) is 0 Å². The first-order valence-corrected chi connectivity index (χ1v) is 8.76. The minimum atomic E-state index is -0.221. The van der Waals surface area contributed by atoms with Gasteiger partial charge in [0.15, 0.2) is 6.61 Å². The molecule has 0 aliphatic rings. The molecule has 0 unspecified atom stereocenters. The first-order valence-electron chi connectivity index (χ1n) is 7.94. The van der Waals surface area contributed by atoms with Gasteiger partial charge in [0.1, 0.15) is 17.1 Å². The van der Waals surface area contributed by atoms with Crippen LogP contribution in [0.25, 0.3) is 15.5 Å². The van der Waals surface area contributed by atoms with Crippen LogP contribution < -0.4 is 10.1 Å². The predicted molar refractivity (Wildman–Crippen MR) is 99.4 cm³/mol. The van der Waals surface area contributed by atoms with Crippen molar-refractivity contribution >= 4 is 27.9 Å². The van der Waals surface area contributed by atoms with Crippen LogP contribution in [0.3, 0.4) is 0 Å². The van der Waals surface area contributed by atoms with E-state index < -0.39 is 0 Å². The van der Waals surface area contributed by atoms with E-state index in [1.165, 1.54) is 11.3 Å². The Bertz CT molecular complexity index is 1030. The number of hydrogen-bond donors (Lipinski definition) is 1. The molecule has 26 heavy (non-hydrogen) atoms. The molecule has 0 fully saturated rings. The van der Waals surface area contributed by atoms with Crippen molar-refractivity contribution in [2.24, 2.45) is 0 Å². The molecule has 2 aromatic heterocycles. The van der Waals surface area contributed by atoms with Crippen molar-refractivity contribution in [3.63, 3.8) is 0 Å². The molecule has 0 atom stereocenters. The van der Waals surface area contributed by atoms with Gasteiger partial charge < -0.3 is 10.1 Å². The van der Waals surface area contributed by atoms with Crippen LogP contribution in [0.2, 0.25) is 0 Å². The lowest BCUT2D eigenvalue weighted by molar-refractivity contribution is -0.118. The number of fused-ring (bicyclic) bond motifs is 1. The van der Waals surface area contributed by atoms with Gasteiger partial charge in [0.2, 0.25) is 4.96 Å². The Morgan fingerprint density at radius 3 is 2.88 bits per heavy atom. The Balaban J connectivity index is 1.42. The number of aromatic nitrogens is 4. The Labute approximate surface area is 153 Å². The number of rotatable bonds is 5. The van der Waals surface area contributed by atoms with Crippen LogP contribution in [0.1, 0.15) is 5.56 Å². The maximum absolute atomic E-state index is 12.1. The van der Waals surface area contributed by atoms with Crippen molar-refractivity contribution in [1.29, 1.82) is 0 Å². The van der Waals surface area contributed by atoms with E-state index in [0.717, 1.165) is 21.1 Å². The first kappa shape index (κ1) is 16.2. The molecule has 1 N–H and O–H groups in total. The monoisotopic (exact) mass is 365 g/mol. The van der Waals surface area contributed by atoms with Crippen LogP contribution in [-0.4, -0.2) is 32.3 Å². The van der Waals surface area contributed by atoms with Crippen LogP contribution in [0.15, 0.2) is 54.9 Å². The van der Waals surface area contributed by atoms with Crippen LogP contribution >= 0.6 is 11.3 Å². The zero-order valence-corrected chi connectivity index (χ0v) is 14.7. The molecule has 0 bridgehead atoms. The molecule has 8 heteroatoms. The number of carbonyl (C=O) groups is 1. The molecule has 0 spiro atoms. The lowest BCUT2D eigenvalue weighted by atomic mass is 10.2. The van der Waals surface area contributed by atoms with E-state index in [1.807, 2.05) is 55.5 Å². The second-order valence-corrected chi connectivity index (χ2v) is 6.65. The molecule has 0 saturated carbocycles. The van der Waals surface area contributed by atoms with E-state index in [9.17, 15) is 4.79 Å². The number of hydrogen-bond acceptors (Lipinski definition) is 6. The molecule has 4 aromatic rings. The van der Waals surface area contributed by atoms with Gasteiger partial charge in [0.25, 0.3) is 5.91 Å². The molecular weight excluding hydrogens is 350 g/mol. The highest BCUT2D eigenvalue weighted by molar-refractivity contribution is 7.19. The van der Waals surface area contributed by atoms with Crippen LogP contribution in [0.5, 0.6) is 5.75 Å². The summed E-state index contributed by atoms with van der Waals surface area (Å²) in [4.78, 5) is 12.9. The number of benzene rings is 2. The van der Waals surface area contributed by atoms with E-state index in [0.29, 0.717) is 11.4 Å². The minimum absolute atomic E-state index is 0.0516. The topological polar surface area (TPSA) is 81.4 Å². The van der Waals surface area contributed by atoms with Gasteiger partial charge in [0, 0.05) is 11.3 Å². The quantitative estimate of drug-likeness (QED) is 0.587. The van der Waals surface area contributed by atoms with E-state index in [1.54, 1.807) is 10.8 Å². The summed E-state index contributed by atoms with van der Waals surface area (Å²) in [6.45, 7) is 1.95. The fourth-order valence-electron chi connectivity index (χ4n) is 2.39. The molecule has 0 aliphatic carbocycles. The highest BCUT2D eigenvalue weighted by Crippen LogP contribution is 2.26. The summed E-state index contributed by atoms with van der Waals surface area (Å²) in [5.74, 6) is 0.445. The van der Waals surface area contributed by atoms with Crippen molar-refractivity contribution in [1.82, 2.24) is 19.8 Å². The van der Waals surface area contributed by atoms with Crippen LogP contribution in [0.4, 0.5) is 5.69 Å². The van der Waals surface area contributed by atoms with Crippen molar-refractivity contribution < 1.29 is 9.53 Å². The van der Waals surface area contributed by atoms with E-state index in [4.69, 9.17) is 4.74 Å². The zero-order valence-electron chi connectivity index (χ0n) is 13.9.